The van der Waals surface area contributed by atoms with Gasteiger partial charge in [0.15, 0.2) is 0 Å². The molecule has 5 nitrogen and oxygen atoms in total. The first-order valence-electron chi connectivity index (χ1n) is 8.41. The highest BCUT2D eigenvalue weighted by atomic mass is 35.5. The van der Waals surface area contributed by atoms with Crippen molar-refractivity contribution in [3.63, 3.8) is 0 Å². The van der Waals surface area contributed by atoms with Crippen LogP contribution in [0.4, 0.5) is 0 Å². The van der Waals surface area contributed by atoms with Gasteiger partial charge in [-0.3, -0.25) is 10.2 Å². The van der Waals surface area contributed by atoms with Crippen LogP contribution in [0.2, 0.25) is 5.02 Å². The Morgan fingerprint density at radius 3 is 2.63 bits per heavy atom. The van der Waals surface area contributed by atoms with Crippen LogP contribution in [-0.2, 0) is 0 Å². The minimum Gasteiger partial charge on any atom is -0.497 e. The molecule has 136 valence electrons. The molecule has 2 heterocycles. The summed E-state index contributed by atoms with van der Waals surface area (Å²) in [7, 11) is 1.63. The van der Waals surface area contributed by atoms with E-state index in [9.17, 15) is 4.79 Å². The monoisotopic (exact) mass is 380 g/mol. The first-order valence-corrected chi connectivity index (χ1v) is 8.79. The van der Waals surface area contributed by atoms with Gasteiger partial charge in [-0.15, -0.1) is 0 Å². The molecule has 0 spiro atoms. The van der Waals surface area contributed by atoms with Crippen LogP contribution in [0, 0.1) is 0 Å². The first-order chi connectivity index (χ1) is 13.2. The van der Waals surface area contributed by atoms with E-state index in [1.54, 1.807) is 48.7 Å². The van der Waals surface area contributed by atoms with Crippen LogP contribution >= 0.6 is 11.6 Å². The highest BCUT2D eigenvalue weighted by Crippen LogP contribution is 2.33. The van der Waals surface area contributed by atoms with E-state index in [0.29, 0.717) is 16.3 Å². The third-order valence-electron chi connectivity index (χ3n) is 4.37. The van der Waals surface area contributed by atoms with Crippen molar-refractivity contribution in [3.05, 3.63) is 94.9 Å². The predicted molar refractivity (Wildman–Crippen MR) is 103 cm³/mol. The summed E-state index contributed by atoms with van der Waals surface area (Å²) in [4.78, 5) is 13.1. The van der Waals surface area contributed by atoms with E-state index in [1.165, 1.54) is 0 Å². The average molecular weight is 381 g/mol. The molecule has 0 bridgehead atoms. The molecule has 1 N–H and O–H groups in total. The van der Waals surface area contributed by atoms with Crippen LogP contribution in [-0.4, -0.2) is 18.0 Å². The lowest BCUT2D eigenvalue weighted by molar-refractivity contribution is 0.0655. The lowest BCUT2D eigenvalue weighted by atomic mass is 10.1. The Morgan fingerprint density at radius 2 is 1.96 bits per heavy atom. The number of nitrogens with one attached hydrogen (secondary N) is 1. The number of hydrazine groups is 1. The molecule has 2 aromatic carbocycles. The van der Waals surface area contributed by atoms with Gasteiger partial charge in [0.1, 0.15) is 17.6 Å². The van der Waals surface area contributed by atoms with Gasteiger partial charge in [-0.25, -0.2) is 5.01 Å². The topological polar surface area (TPSA) is 54.7 Å². The number of nitrogens with zero attached hydrogens (tertiary/aromatic N) is 1. The zero-order chi connectivity index (χ0) is 18.8. The van der Waals surface area contributed by atoms with E-state index in [2.05, 4.69) is 5.43 Å². The van der Waals surface area contributed by atoms with Gasteiger partial charge in [0.05, 0.1) is 19.1 Å². The maximum atomic E-state index is 13.1. The van der Waals surface area contributed by atoms with Gasteiger partial charge in [0.25, 0.3) is 5.91 Å². The van der Waals surface area contributed by atoms with Crippen molar-refractivity contribution in [1.29, 1.82) is 0 Å². The molecular weight excluding hydrogens is 364 g/mol. The summed E-state index contributed by atoms with van der Waals surface area (Å²) < 4.78 is 10.8. The highest BCUT2D eigenvalue weighted by molar-refractivity contribution is 6.31. The van der Waals surface area contributed by atoms with Crippen molar-refractivity contribution >= 4 is 23.2 Å². The minimum absolute atomic E-state index is 0.196. The fourth-order valence-electron chi connectivity index (χ4n) is 3.01. The smallest absolute Gasteiger partial charge is 0.273 e. The second-order valence-electron chi connectivity index (χ2n) is 6.07. The summed E-state index contributed by atoms with van der Waals surface area (Å²) in [6.07, 6.45) is 3.56. The third-order valence-corrected chi connectivity index (χ3v) is 4.60. The molecule has 27 heavy (non-hydrogen) atoms. The molecule has 1 aromatic heterocycles. The van der Waals surface area contributed by atoms with Gasteiger partial charge in [-0.05, 0) is 66.2 Å². The second-order valence-corrected chi connectivity index (χ2v) is 6.50. The van der Waals surface area contributed by atoms with Crippen LogP contribution < -0.4 is 10.2 Å². The van der Waals surface area contributed by atoms with Crippen LogP contribution in [0.1, 0.15) is 27.7 Å². The number of furan rings is 1. The lowest BCUT2D eigenvalue weighted by Crippen LogP contribution is -2.39. The first kappa shape index (κ1) is 17.2. The fourth-order valence-corrected chi connectivity index (χ4v) is 3.20. The highest BCUT2D eigenvalue weighted by Gasteiger charge is 2.33. The number of methoxy groups -OCH3 is 1. The number of amides is 1. The predicted octanol–water partition coefficient (Wildman–Crippen LogP) is 4.68. The molecule has 0 unspecified atom stereocenters. The Bertz CT molecular complexity index is 981. The van der Waals surface area contributed by atoms with Gasteiger partial charge in [-0.1, -0.05) is 17.7 Å². The third kappa shape index (κ3) is 3.41. The number of carbonyl (C=O) groups excluding carboxylic acids is 1. The second kappa shape index (κ2) is 7.21. The number of ether oxygens (including phenoxy) is 1. The summed E-state index contributed by atoms with van der Waals surface area (Å²) in [5, 5.41) is 2.06. The van der Waals surface area contributed by atoms with Crippen LogP contribution in [0.15, 0.2) is 77.4 Å². The number of benzene rings is 2. The van der Waals surface area contributed by atoms with Gasteiger partial charge in [0.2, 0.25) is 0 Å². The molecule has 1 atom stereocenters. The fraction of sp³-hybridized carbons (Fsp3) is 0.0952. The number of halogens is 1. The SMILES string of the molecule is COc1ccc(C2=C[C@H](c3ccco3)N(C(=O)c3cccc(Cl)c3)N2)cc1. The van der Waals surface area contributed by atoms with Crippen molar-refractivity contribution in [1.82, 2.24) is 10.4 Å². The van der Waals surface area contributed by atoms with E-state index in [-0.39, 0.29) is 11.9 Å². The molecule has 6 heteroatoms. The molecule has 1 aliphatic rings. The average Bonchev–Trinajstić information content (AvgIpc) is 3.37. The van der Waals surface area contributed by atoms with E-state index in [0.717, 1.165) is 17.0 Å². The number of carbonyl (C=O) groups is 1. The Labute approximate surface area is 161 Å². The van der Waals surface area contributed by atoms with Crippen LogP contribution in [0.5, 0.6) is 5.75 Å². The Hall–Kier alpha value is -3.18. The molecule has 4 rings (SSSR count). The van der Waals surface area contributed by atoms with Crippen LogP contribution in [0.25, 0.3) is 5.70 Å². The van der Waals surface area contributed by atoms with Crippen LogP contribution in [0.3, 0.4) is 0 Å². The molecule has 0 fully saturated rings. The molecule has 0 saturated heterocycles. The maximum absolute atomic E-state index is 13.1. The zero-order valence-corrected chi connectivity index (χ0v) is 15.3. The lowest BCUT2D eigenvalue weighted by Gasteiger charge is -2.24. The van der Waals surface area contributed by atoms with Gasteiger partial charge in [-0.2, -0.15) is 0 Å². The normalized spacial score (nSPS) is 16.0. The molecule has 0 radical (unpaired) electrons. The largest absolute Gasteiger partial charge is 0.497 e. The van der Waals surface area contributed by atoms with E-state index < -0.39 is 0 Å². The minimum atomic E-state index is -0.372. The molecule has 3 aromatic rings. The Morgan fingerprint density at radius 1 is 1.15 bits per heavy atom. The van der Waals surface area contributed by atoms with E-state index in [4.69, 9.17) is 20.8 Å². The maximum Gasteiger partial charge on any atom is 0.273 e. The summed E-state index contributed by atoms with van der Waals surface area (Å²) in [5.74, 6) is 1.24. The Balaban J connectivity index is 1.68. The Kier molecular flexibility index (Phi) is 4.60. The standard InChI is InChI=1S/C21H17ClN2O3/c1-26-17-9-7-14(8-10-17)18-13-19(20-6-3-11-27-20)24(23-18)21(25)15-4-2-5-16(22)12-15/h2-13,19,23H,1H3/t19-/m1/s1. The van der Waals surface area contributed by atoms with Crippen molar-refractivity contribution < 1.29 is 13.9 Å². The van der Waals surface area contributed by atoms with Gasteiger partial charge < -0.3 is 9.15 Å². The summed E-state index contributed by atoms with van der Waals surface area (Å²) in [5.41, 5.74) is 5.45. The number of hydrogen-bond donors (Lipinski definition) is 1. The van der Waals surface area contributed by atoms with Crippen molar-refractivity contribution in [2.45, 2.75) is 6.04 Å². The molecule has 0 saturated carbocycles. The summed E-state index contributed by atoms with van der Waals surface area (Å²) in [6.45, 7) is 0. The zero-order valence-electron chi connectivity index (χ0n) is 14.6. The number of hydrogen-bond acceptors (Lipinski definition) is 4. The molecular formula is C21H17ClN2O3. The molecule has 1 amide bonds. The quantitative estimate of drug-likeness (QED) is 0.713. The van der Waals surface area contributed by atoms with Crippen molar-refractivity contribution in [2.24, 2.45) is 0 Å². The van der Waals surface area contributed by atoms with Gasteiger partial charge in [0, 0.05) is 10.6 Å². The van der Waals surface area contributed by atoms with E-state index >= 15 is 0 Å². The summed E-state index contributed by atoms with van der Waals surface area (Å²) >= 11 is 6.05. The number of rotatable bonds is 4. The van der Waals surface area contributed by atoms with Crippen molar-refractivity contribution in [2.75, 3.05) is 7.11 Å². The molecule has 0 aliphatic carbocycles. The van der Waals surface area contributed by atoms with E-state index in [1.807, 2.05) is 36.4 Å². The van der Waals surface area contributed by atoms with Gasteiger partial charge >= 0.3 is 0 Å². The molecule has 1 aliphatic heterocycles. The summed E-state index contributed by atoms with van der Waals surface area (Å²) in [6, 6.07) is 17.8. The van der Waals surface area contributed by atoms with Crippen molar-refractivity contribution in [3.8, 4) is 5.75 Å².